The van der Waals surface area contributed by atoms with E-state index in [2.05, 4.69) is 43.8 Å². The van der Waals surface area contributed by atoms with Crippen LogP contribution in [-0.4, -0.2) is 17.1 Å². The molecule has 0 saturated heterocycles. The fourth-order valence-corrected chi connectivity index (χ4v) is 2.24. The average Bonchev–Trinajstić information content (AvgIpc) is 2.17. The summed E-state index contributed by atoms with van der Waals surface area (Å²) in [5.41, 5.74) is 0.699. The molecule has 1 rings (SSSR count). The normalized spacial score (nSPS) is 11.9. The molecule has 0 spiro atoms. The number of benzene rings is 1. The fourth-order valence-electron chi connectivity index (χ4n) is 1.01. The minimum atomic E-state index is -0.965. The largest absolute Gasteiger partial charge is 0.479 e. The molecule has 15 heavy (non-hydrogen) atoms. The number of rotatable bonds is 4. The van der Waals surface area contributed by atoms with Crippen molar-refractivity contribution in [1.82, 2.24) is 0 Å². The minimum absolute atomic E-state index is 0.699. The lowest BCUT2D eigenvalue weighted by molar-refractivity contribution is -0.136. The summed E-state index contributed by atoms with van der Waals surface area (Å²) in [7, 11) is 0. The van der Waals surface area contributed by atoms with Crippen molar-refractivity contribution in [2.75, 3.05) is 5.32 Å². The van der Waals surface area contributed by atoms with Gasteiger partial charge in [0.25, 0.3) is 0 Å². The standard InChI is InChI=1S/C10H9Br2NO2/c1-2-8(10(14)15)13-9-6(11)4-3-5-7(9)12/h2-5,8,13H,1H2,(H,14,15). The van der Waals surface area contributed by atoms with Crippen LogP contribution in [0.2, 0.25) is 0 Å². The molecule has 0 aliphatic carbocycles. The molecular formula is C10H9Br2NO2. The zero-order valence-electron chi connectivity index (χ0n) is 7.71. The maximum absolute atomic E-state index is 10.8. The number of carbonyl (C=O) groups is 1. The van der Waals surface area contributed by atoms with Gasteiger partial charge in [-0.15, -0.1) is 6.58 Å². The smallest absolute Gasteiger partial charge is 0.330 e. The number of aliphatic carboxylic acids is 1. The van der Waals surface area contributed by atoms with E-state index in [4.69, 9.17) is 5.11 Å². The van der Waals surface area contributed by atoms with Crippen molar-refractivity contribution in [2.24, 2.45) is 0 Å². The first-order valence-electron chi connectivity index (χ1n) is 4.12. The highest BCUT2D eigenvalue weighted by Gasteiger charge is 2.15. The Bertz CT molecular complexity index is 373. The summed E-state index contributed by atoms with van der Waals surface area (Å²) in [4.78, 5) is 10.8. The highest BCUT2D eigenvalue weighted by atomic mass is 79.9. The van der Waals surface area contributed by atoms with Crippen LogP contribution < -0.4 is 5.32 Å². The summed E-state index contributed by atoms with van der Waals surface area (Å²) in [5.74, 6) is -0.965. The van der Waals surface area contributed by atoms with E-state index >= 15 is 0 Å². The number of anilines is 1. The van der Waals surface area contributed by atoms with Crippen LogP contribution in [0.1, 0.15) is 0 Å². The Hall–Kier alpha value is -0.810. The Balaban J connectivity index is 2.97. The number of carboxylic acids is 1. The predicted octanol–water partition coefficient (Wildman–Crippen LogP) is 3.26. The zero-order valence-corrected chi connectivity index (χ0v) is 10.9. The lowest BCUT2D eigenvalue weighted by Crippen LogP contribution is -2.26. The summed E-state index contributed by atoms with van der Waals surface area (Å²) >= 11 is 6.67. The number of hydrogen-bond acceptors (Lipinski definition) is 2. The van der Waals surface area contributed by atoms with Crippen LogP contribution in [0, 0.1) is 0 Å². The van der Waals surface area contributed by atoms with Gasteiger partial charge in [0.2, 0.25) is 0 Å². The first-order chi connectivity index (χ1) is 7.06. The Morgan fingerprint density at radius 3 is 2.40 bits per heavy atom. The second-order valence-electron chi connectivity index (χ2n) is 2.79. The molecule has 0 aromatic heterocycles. The molecule has 0 bridgehead atoms. The van der Waals surface area contributed by atoms with E-state index < -0.39 is 12.0 Å². The van der Waals surface area contributed by atoms with Crippen molar-refractivity contribution in [3.05, 3.63) is 39.8 Å². The van der Waals surface area contributed by atoms with Crippen molar-refractivity contribution in [2.45, 2.75) is 6.04 Å². The minimum Gasteiger partial charge on any atom is -0.479 e. The first kappa shape index (κ1) is 12.3. The van der Waals surface area contributed by atoms with Crippen LogP contribution in [0.3, 0.4) is 0 Å². The molecule has 80 valence electrons. The van der Waals surface area contributed by atoms with Gasteiger partial charge in [-0.1, -0.05) is 12.1 Å². The van der Waals surface area contributed by atoms with E-state index in [1.807, 2.05) is 18.2 Å². The van der Waals surface area contributed by atoms with Gasteiger partial charge >= 0.3 is 5.97 Å². The van der Waals surface area contributed by atoms with Gasteiger partial charge in [-0.3, -0.25) is 0 Å². The first-order valence-corrected chi connectivity index (χ1v) is 5.70. The summed E-state index contributed by atoms with van der Waals surface area (Å²) in [6, 6.07) is 4.70. The molecule has 0 aliphatic rings. The molecule has 0 heterocycles. The van der Waals surface area contributed by atoms with Gasteiger partial charge in [0, 0.05) is 8.95 Å². The van der Waals surface area contributed by atoms with Crippen LogP contribution in [-0.2, 0) is 4.79 Å². The van der Waals surface area contributed by atoms with Crippen LogP contribution in [0.5, 0.6) is 0 Å². The maximum atomic E-state index is 10.8. The number of nitrogens with one attached hydrogen (secondary N) is 1. The van der Waals surface area contributed by atoms with E-state index in [1.165, 1.54) is 6.08 Å². The second kappa shape index (κ2) is 5.32. The van der Waals surface area contributed by atoms with Crippen molar-refractivity contribution in [3.8, 4) is 0 Å². The van der Waals surface area contributed by atoms with E-state index in [9.17, 15) is 4.79 Å². The van der Waals surface area contributed by atoms with Gasteiger partial charge in [-0.25, -0.2) is 4.79 Å². The molecule has 1 aromatic rings. The van der Waals surface area contributed by atoms with Crippen LogP contribution in [0.15, 0.2) is 39.8 Å². The van der Waals surface area contributed by atoms with Crippen LogP contribution in [0.4, 0.5) is 5.69 Å². The van der Waals surface area contributed by atoms with Gasteiger partial charge in [0.05, 0.1) is 5.69 Å². The van der Waals surface area contributed by atoms with Crippen molar-refractivity contribution in [1.29, 1.82) is 0 Å². The topological polar surface area (TPSA) is 49.3 Å². The number of carboxylic acid groups (broad SMARTS) is 1. The summed E-state index contributed by atoms with van der Waals surface area (Å²) in [6.45, 7) is 3.46. The molecule has 0 amide bonds. The van der Waals surface area contributed by atoms with E-state index in [-0.39, 0.29) is 0 Å². The van der Waals surface area contributed by atoms with E-state index in [0.717, 1.165) is 8.95 Å². The summed E-state index contributed by atoms with van der Waals surface area (Å²) < 4.78 is 1.59. The zero-order chi connectivity index (χ0) is 11.4. The molecular weight excluding hydrogens is 326 g/mol. The van der Waals surface area contributed by atoms with Crippen molar-refractivity contribution < 1.29 is 9.90 Å². The van der Waals surface area contributed by atoms with Gasteiger partial charge in [0.15, 0.2) is 0 Å². The van der Waals surface area contributed by atoms with Crippen molar-refractivity contribution >= 4 is 43.5 Å². The molecule has 1 unspecified atom stereocenters. The number of hydrogen-bond donors (Lipinski definition) is 2. The second-order valence-corrected chi connectivity index (χ2v) is 4.50. The molecule has 1 aromatic carbocycles. The van der Waals surface area contributed by atoms with Gasteiger partial charge in [0.1, 0.15) is 6.04 Å². The van der Waals surface area contributed by atoms with Gasteiger partial charge in [-0.2, -0.15) is 0 Å². The third-order valence-electron chi connectivity index (χ3n) is 1.76. The lowest BCUT2D eigenvalue weighted by atomic mass is 10.2. The summed E-state index contributed by atoms with van der Waals surface area (Å²) in [5, 5.41) is 11.7. The number of para-hydroxylation sites is 1. The Kier molecular flexibility index (Phi) is 4.35. The molecule has 0 aliphatic heterocycles. The van der Waals surface area contributed by atoms with Crippen LogP contribution in [0.25, 0.3) is 0 Å². The Labute approximate surface area is 104 Å². The fraction of sp³-hybridized carbons (Fsp3) is 0.100. The molecule has 0 fully saturated rings. The van der Waals surface area contributed by atoms with Crippen molar-refractivity contribution in [3.63, 3.8) is 0 Å². The molecule has 5 heteroatoms. The van der Waals surface area contributed by atoms with E-state index in [1.54, 1.807) is 0 Å². The average molecular weight is 335 g/mol. The lowest BCUT2D eigenvalue weighted by Gasteiger charge is -2.14. The summed E-state index contributed by atoms with van der Waals surface area (Å²) in [6.07, 6.45) is 1.34. The SMILES string of the molecule is C=CC(Nc1c(Br)cccc1Br)C(=O)O. The van der Waals surface area contributed by atoms with E-state index in [0.29, 0.717) is 5.69 Å². The third kappa shape index (κ3) is 3.07. The van der Waals surface area contributed by atoms with Gasteiger partial charge < -0.3 is 10.4 Å². The monoisotopic (exact) mass is 333 g/mol. The Morgan fingerprint density at radius 2 is 2.00 bits per heavy atom. The quantitative estimate of drug-likeness (QED) is 0.831. The third-order valence-corrected chi connectivity index (χ3v) is 3.09. The number of halogens is 2. The maximum Gasteiger partial charge on any atom is 0.330 e. The predicted molar refractivity (Wildman–Crippen MR) is 67.1 cm³/mol. The van der Waals surface area contributed by atoms with Gasteiger partial charge in [-0.05, 0) is 44.0 Å². The van der Waals surface area contributed by atoms with Crippen LogP contribution >= 0.6 is 31.9 Å². The molecule has 0 saturated carbocycles. The molecule has 0 radical (unpaired) electrons. The highest BCUT2D eigenvalue weighted by molar-refractivity contribution is 9.11. The molecule has 1 atom stereocenters. The Morgan fingerprint density at radius 1 is 1.47 bits per heavy atom. The highest BCUT2D eigenvalue weighted by Crippen LogP contribution is 2.31. The molecule has 2 N–H and O–H groups in total. The molecule has 3 nitrogen and oxygen atoms in total.